The molecule has 2 aliphatic carbocycles. The van der Waals surface area contributed by atoms with Crippen LogP contribution < -0.4 is 10.6 Å². The average molecular weight is 328 g/mol. The van der Waals surface area contributed by atoms with E-state index in [1.807, 2.05) is 24.3 Å². The Bertz CT molecular complexity index is 677. The van der Waals surface area contributed by atoms with Gasteiger partial charge in [0.05, 0.1) is 0 Å². The van der Waals surface area contributed by atoms with Gasteiger partial charge in [-0.15, -0.1) is 10.2 Å². The van der Waals surface area contributed by atoms with Gasteiger partial charge in [0.2, 0.25) is 0 Å². The van der Waals surface area contributed by atoms with Gasteiger partial charge in [-0.1, -0.05) is 24.2 Å². The molecule has 1 aromatic carbocycles. The highest BCUT2D eigenvalue weighted by atomic mass is 32.1. The topological polar surface area (TPSA) is 66.9 Å². The number of carbonyl (C=O) groups excluding carboxylic acids is 1. The highest BCUT2D eigenvalue weighted by Gasteiger charge is 2.48. The number of carbonyl (C=O) groups is 1. The molecule has 0 aliphatic heterocycles. The van der Waals surface area contributed by atoms with Crippen molar-refractivity contribution in [3.05, 3.63) is 29.8 Å². The Kier molecular flexibility index (Phi) is 3.77. The molecule has 5 nitrogen and oxygen atoms in total. The molecule has 1 atom stereocenters. The Morgan fingerprint density at radius 3 is 2.57 bits per heavy atom. The largest absolute Gasteiger partial charge is 0.335 e. The minimum absolute atomic E-state index is 0.0929. The molecule has 0 saturated heterocycles. The summed E-state index contributed by atoms with van der Waals surface area (Å²) in [7, 11) is 0. The fourth-order valence-electron chi connectivity index (χ4n) is 3.92. The maximum Gasteiger partial charge on any atom is 0.319 e. The third-order valence-corrected chi connectivity index (χ3v) is 6.06. The van der Waals surface area contributed by atoms with E-state index in [-0.39, 0.29) is 6.03 Å². The predicted octanol–water partition coefficient (Wildman–Crippen LogP) is 4.05. The van der Waals surface area contributed by atoms with Crippen LogP contribution >= 0.6 is 11.3 Å². The summed E-state index contributed by atoms with van der Waals surface area (Å²) in [5.74, 6) is 0. The molecule has 0 bridgehead atoms. The van der Waals surface area contributed by atoms with Gasteiger partial charge in [0.1, 0.15) is 10.5 Å². The van der Waals surface area contributed by atoms with E-state index in [9.17, 15) is 4.79 Å². The first kappa shape index (κ1) is 14.6. The van der Waals surface area contributed by atoms with Crippen LogP contribution in [0.25, 0.3) is 10.6 Å². The van der Waals surface area contributed by atoms with E-state index in [1.165, 1.54) is 43.4 Å². The normalized spacial score (nSPS) is 21.8. The summed E-state index contributed by atoms with van der Waals surface area (Å²) in [5, 5.41) is 14.9. The number of benzene rings is 1. The lowest BCUT2D eigenvalue weighted by molar-refractivity contribution is 0.0811. The zero-order chi connectivity index (χ0) is 15.7. The number of amides is 2. The van der Waals surface area contributed by atoms with Crippen molar-refractivity contribution in [3.63, 3.8) is 0 Å². The molecule has 2 amide bonds. The van der Waals surface area contributed by atoms with E-state index in [2.05, 4.69) is 20.8 Å². The lowest BCUT2D eigenvalue weighted by atomic mass is 9.63. The van der Waals surface area contributed by atoms with E-state index >= 15 is 0 Å². The van der Waals surface area contributed by atoms with Crippen LogP contribution in [0.4, 0.5) is 10.5 Å². The van der Waals surface area contributed by atoms with Crippen LogP contribution in [0.15, 0.2) is 29.8 Å². The summed E-state index contributed by atoms with van der Waals surface area (Å²) in [5.41, 5.74) is 3.93. The number of anilines is 1. The van der Waals surface area contributed by atoms with Crippen molar-refractivity contribution in [3.8, 4) is 10.6 Å². The molecule has 4 rings (SSSR count). The minimum Gasteiger partial charge on any atom is -0.335 e. The van der Waals surface area contributed by atoms with Gasteiger partial charge in [-0.05, 0) is 55.4 Å². The molecular weight excluding hydrogens is 308 g/mol. The zero-order valence-corrected chi connectivity index (χ0v) is 13.7. The Labute approximate surface area is 139 Å². The molecule has 2 aliphatic rings. The molecule has 6 heteroatoms. The van der Waals surface area contributed by atoms with E-state index in [1.54, 1.807) is 5.51 Å². The highest BCUT2D eigenvalue weighted by molar-refractivity contribution is 7.12. The lowest BCUT2D eigenvalue weighted by Gasteiger charge is -2.47. The minimum atomic E-state index is -0.0929. The summed E-state index contributed by atoms with van der Waals surface area (Å²) in [6.07, 6.45) is 7.56. The van der Waals surface area contributed by atoms with E-state index in [4.69, 9.17) is 0 Å². The number of hydrogen-bond donors (Lipinski definition) is 2. The molecule has 2 aromatic rings. The number of rotatable bonds is 3. The van der Waals surface area contributed by atoms with E-state index < -0.39 is 0 Å². The molecule has 2 saturated carbocycles. The fourth-order valence-corrected chi connectivity index (χ4v) is 4.48. The van der Waals surface area contributed by atoms with Gasteiger partial charge in [-0.25, -0.2) is 4.79 Å². The van der Waals surface area contributed by atoms with Gasteiger partial charge in [0, 0.05) is 17.3 Å². The molecular formula is C17H20N4OS. The maximum atomic E-state index is 12.2. The summed E-state index contributed by atoms with van der Waals surface area (Å²) in [6, 6.07) is 7.98. The molecule has 120 valence electrons. The summed E-state index contributed by atoms with van der Waals surface area (Å²) >= 11 is 1.50. The van der Waals surface area contributed by atoms with Crippen molar-refractivity contribution in [2.75, 3.05) is 5.32 Å². The first-order valence-electron chi connectivity index (χ1n) is 8.19. The predicted molar refractivity (Wildman–Crippen MR) is 91.4 cm³/mol. The summed E-state index contributed by atoms with van der Waals surface area (Å²) in [4.78, 5) is 12.2. The number of nitrogens with one attached hydrogen (secondary N) is 2. The van der Waals surface area contributed by atoms with Crippen LogP contribution in [-0.4, -0.2) is 22.3 Å². The third-order valence-electron chi connectivity index (χ3n) is 5.32. The van der Waals surface area contributed by atoms with Gasteiger partial charge in [-0.3, -0.25) is 0 Å². The maximum absolute atomic E-state index is 12.2. The second-order valence-electron chi connectivity index (χ2n) is 6.58. The van der Waals surface area contributed by atoms with Gasteiger partial charge in [0.25, 0.3) is 0 Å². The average Bonchev–Trinajstić information content (AvgIpc) is 3.24. The SMILES string of the molecule is O=C(Nc1ccc(-c2nncs2)cc1)NC1CCC12CCCC2. The molecule has 2 N–H and O–H groups in total. The number of aromatic nitrogens is 2. The summed E-state index contributed by atoms with van der Waals surface area (Å²) in [6.45, 7) is 0. The van der Waals surface area contributed by atoms with E-state index in [0.29, 0.717) is 11.5 Å². The van der Waals surface area contributed by atoms with Crippen LogP contribution in [0.3, 0.4) is 0 Å². The van der Waals surface area contributed by atoms with Crippen LogP contribution in [0, 0.1) is 5.41 Å². The molecule has 1 aromatic heterocycles. The van der Waals surface area contributed by atoms with Crippen molar-refractivity contribution in [2.45, 2.75) is 44.6 Å². The van der Waals surface area contributed by atoms with Crippen molar-refractivity contribution >= 4 is 23.1 Å². The summed E-state index contributed by atoms with van der Waals surface area (Å²) < 4.78 is 0. The molecule has 0 radical (unpaired) electrons. The lowest BCUT2D eigenvalue weighted by Crippen LogP contribution is -2.54. The standard InChI is InChI=1S/C17H20N4OS/c22-16(20-14-7-10-17(14)8-1-2-9-17)19-13-5-3-12(4-6-13)15-21-18-11-23-15/h3-6,11,14H,1-2,7-10H2,(H2,19,20,22). The second kappa shape index (κ2) is 5.92. The Balaban J connectivity index is 1.35. The first-order valence-corrected chi connectivity index (χ1v) is 9.07. The van der Waals surface area contributed by atoms with Crippen LogP contribution in [0.2, 0.25) is 0 Å². The third kappa shape index (κ3) is 2.83. The Morgan fingerprint density at radius 2 is 1.96 bits per heavy atom. The van der Waals surface area contributed by atoms with Gasteiger partial charge in [0.15, 0.2) is 0 Å². The van der Waals surface area contributed by atoms with Crippen molar-refractivity contribution in [1.29, 1.82) is 0 Å². The number of urea groups is 1. The number of hydrogen-bond acceptors (Lipinski definition) is 4. The van der Waals surface area contributed by atoms with Gasteiger partial charge in [-0.2, -0.15) is 0 Å². The molecule has 1 unspecified atom stereocenters. The molecule has 2 fully saturated rings. The zero-order valence-electron chi connectivity index (χ0n) is 12.9. The van der Waals surface area contributed by atoms with Crippen LogP contribution in [-0.2, 0) is 0 Å². The Hall–Kier alpha value is -1.95. The monoisotopic (exact) mass is 328 g/mol. The Morgan fingerprint density at radius 1 is 1.17 bits per heavy atom. The second-order valence-corrected chi connectivity index (χ2v) is 7.41. The molecule has 1 heterocycles. The van der Waals surface area contributed by atoms with E-state index in [0.717, 1.165) is 22.7 Å². The smallest absolute Gasteiger partial charge is 0.319 e. The van der Waals surface area contributed by atoms with Crippen molar-refractivity contribution in [2.24, 2.45) is 5.41 Å². The van der Waals surface area contributed by atoms with Gasteiger partial charge >= 0.3 is 6.03 Å². The van der Waals surface area contributed by atoms with Crippen molar-refractivity contribution in [1.82, 2.24) is 15.5 Å². The van der Waals surface area contributed by atoms with Crippen LogP contribution in [0.5, 0.6) is 0 Å². The van der Waals surface area contributed by atoms with Gasteiger partial charge < -0.3 is 10.6 Å². The first-order chi connectivity index (χ1) is 11.3. The number of nitrogens with zero attached hydrogens (tertiary/aromatic N) is 2. The quantitative estimate of drug-likeness (QED) is 0.893. The fraction of sp³-hybridized carbons (Fsp3) is 0.471. The molecule has 1 spiro atoms. The van der Waals surface area contributed by atoms with Crippen molar-refractivity contribution < 1.29 is 4.79 Å². The highest BCUT2D eigenvalue weighted by Crippen LogP contribution is 2.53. The van der Waals surface area contributed by atoms with Crippen LogP contribution in [0.1, 0.15) is 38.5 Å². The molecule has 23 heavy (non-hydrogen) atoms.